The molecule has 1 aromatic rings. The minimum Gasteiger partial charge on any atom is -0.303 e. The molecule has 0 unspecified atom stereocenters. The Morgan fingerprint density at radius 1 is 1.12 bits per heavy atom. The van der Waals surface area contributed by atoms with Crippen LogP contribution in [-0.4, -0.2) is 17.2 Å². The van der Waals surface area contributed by atoms with Crippen LogP contribution in [0.25, 0.3) is 0 Å². The van der Waals surface area contributed by atoms with Gasteiger partial charge in [-0.1, -0.05) is 30.3 Å². The van der Waals surface area contributed by atoms with Gasteiger partial charge in [0.05, 0.1) is 4.87 Å². The quantitative estimate of drug-likeness (QED) is 0.811. The van der Waals surface area contributed by atoms with E-state index in [-0.39, 0.29) is 0 Å². The van der Waals surface area contributed by atoms with E-state index in [1.807, 2.05) is 0 Å². The van der Waals surface area contributed by atoms with Gasteiger partial charge in [-0.05, 0) is 55.9 Å². The predicted octanol–water partition coefficient (Wildman–Crippen LogP) is 3.77. The third-order valence-corrected chi connectivity index (χ3v) is 5.81. The van der Waals surface area contributed by atoms with Crippen molar-refractivity contribution in [1.82, 2.24) is 5.32 Å². The molecule has 0 bridgehead atoms. The van der Waals surface area contributed by atoms with Gasteiger partial charge in [0, 0.05) is 0 Å². The van der Waals surface area contributed by atoms with Crippen molar-refractivity contribution < 1.29 is 0 Å². The van der Waals surface area contributed by atoms with Crippen molar-refractivity contribution in [1.29, 1.82) is 0 Å². The van der Waals surface area contributed by atoms with Gasteiger partial charge in [-0.15, -0.1) is 11.8 Å². The molecule has 0 atom stereocenters. The van der Waals surface area contributed by atoms with Gasteiger partial charge in [-0.25, -0.2) is 0 Å². The van der Waals surface area contributed by atoms with E-state index >= 15 is 0 Å². The minimum absolute atomic E-state index is 0.434. The zero-order valence-electron chi connectivity index (χ0n) is 10.3. The second-order valence-electron chi connectivity index (χ2n) is 5.31. The molecular weight excluding hydrogens is 226 g/mol. The minimum atomic E-state index is 0.434. The Bertz CT molecular complexity index is 346. The third-order valence-electron chi connectivity index (χ3n) is 4.21. The molecule has 1 aliphatic carbocycles. The molecule has 0 radical (unpaired) electrons. The summed E-state index contributed by atoms with van der Waals surface area (Å²) in [4.78, 5) is 0.434. The Hall–Kier alpha value is -0.470. The Labute approximate surface area is 108 Å². The molecule has 1 aromatic carbocycles. The normalized spacial score (nSPS) is 33.8. The smallest absolute Gasteiger partial charge is 0.0645 e. The summed E-state index contributed by atoms with van der Waals surface area (Å²) < 4.78 is 0. The maximum atomic E-state index is 3.77. The van der Waals surface area contributed by atoms with E-state index in [1.165, 1.54) is 44.4 Å². The SMILES string of the molecule is c1ccc(C2CCC3(CC2)NCCCS3)cc1. The summed E-state index contributed by atoms with van der Waals surface area (Å²) >= 11 is 2.17. The zero-order valence-corrected chi connectivity index (χ0v) is 11.1. The molecule has 2 fully saturated rings. The Morgan fingerprint density at radius 2 is 1.88 bits per heavy atom. The van der Waals surface area contributed by atoms with Gasteiger partial charge in [0.15, 0.2) is 0 Å². The van der Waals surface area contributed by atoms with Crippen molar-refractivity contribution in [3.8, 4) is 0 Å². The zero-order chi connectivity index (χ0) is 11.6. The van der Waals surface area contributed by atoms with Crippen LogP contribution in [0.2, 0.25) is 0 Å². The molecule has 0 amide bonds. The lowest BCUT2D eigenvalue weighted by atomic mass is 9.81. The Kier molecular flexibility index (Phi) is 3.44. The highest BCUT2D eigenvalue weighted by atomic mass is 32.2. The molecule has 17 heavy (non-hydrogen) atoms. The first-order valence-corrected chi connectivity index (χ1v) is 7.80. The summed E-state index contributed by atoms with van der Waals surface area (Å²) in [6.45, 7) is 1.23. The molecule has 1 spiro atoms. The van der Waals surface area contributed by atoms with Crippen molar-refractivity contribution >= 4 is 11.8 Å². The lowest BCUT2D eigenvalue weighted by Gasteiger charge is -2.43. The first kappa shape index (κ1) is 11.6. The molecule has 2 aliphatic rings. The van der Waals surface area contributed by atoms with Crippen LogP contribution in [0.3, 0.4) is 0 Å². The maximum absolute atomic E-state index is 3.77. The van der Waals surface area contributed by atoms with Crippen molar-refractivity contribution in [2.45, 2.75) is 42.9 Å². The van der Waals surface area contributed by atoms with Crippen LogP contribution in [0.1, 0.15) is 43.6 Å². The van der Waals surface area contributed by atoms with E-state index in [4.69, 9.17) is 0 Å². The summed E-state index contributed by atoms with van der Waals surface area (Å²) in [6.07, 6.45) is 6.73. The van der Waals surface area contributed by atoms with Gasteiger partial charge in [0.1, 0.15) is 0 Å². The summed E-state index contributed by atoms with van der Waals surface area (Å²) in [7, 11) is 0. The number of rotatable bonds is 1. The fourth-order valence-corrected chi connectivity index (χ4v) is 4.58. The molecule has 0 aromatic heterocycles. The van der Waals surface area contributed by atoms with Crippen LogP contribution in [0.5, 0.6) is 0 Å². The number of thioether (sulfide) groups is 1. The Balaban J connectivity index is 1.64. The van der Waals surface area contributed by atoms with Crippen molar-refractivity contribution in [3.05, 3.63) is 35.9 Å². The van der Waals surface area contributed by atoms with Crippen molar-refractivity contribution in [2.75, 3.05) is 12.3 Å². The lowest BCUT2D eigenvalue weighted by Crippen LogP contribution is -2.48. The second-order valence-corrected chi connectivity index (χ2v) is 6.79. The summed E-state index contributed by atoms with van der Waals surface area (Å²) in [6, 6.07) is 11.1. The van der Waals surface area contributed by atoms with Gasteiger partial charge < -0.3 is 5.32 Å². The average Bonchev–Trinajstić information content (AvgIpc) is 2.42. The Morgan fingerprint density at radius 3 is 2.53 bits per heavy atom. The number of benzene rings is 1. The first-order valence-electron chi connectivity index (χ1n) is 6.82. The highest BCUT2D eigenvalue weighted by Crippen LogP contribution is 2.44. The highest BCUT2D eigenvalue weighted by molar-refractivity contribution is 8.00. The van der Waals surface area contributed by atoms with Gasteiger partial charge in [-0.2, -0.15) is 0 Å². The fraction of sp³-hybridized carbons (Fsp3) is 0.600. The molecular formula is C15H21NS. The third kappa shape index (κ3) is 2.53. The summed E-state index contributed by atoms with van der Waals surface area (Å²) in [5, 5.41) is 3.77. The largest absolute Gasteiger partial charge is 0.303 e. The molecule has 1 heterocycles. The van der Waals surface area contributed by atoms with Gasteiger partial charge in [0.2, 0.25) is 0 Å². The summed E-state index contributed by atoms with van der Waals surface area (Å²) in [5.74, 6) is 2.15. The number of hydrogen-bond donors (Lipinski definition) is 1. The molecule has 1 nitrogen and oxygen atoms in total. The van der Waals surface area contributed by atoms with Gasteiger partial charge >= 0.3 is 0 Å². The van der Waals surface area contributed by atoms with E-state index in [0.717, 1.165) is 5.92 Å². The van der Waals surface area contributed by atoms with Crippen LogP contribution in [0.4, 0.5) is 0 Å². The predicted molar refractivity (Wildman–Crippen MR) is 75.5 cm³/mol. The monoisotopic (exact) mass is 247 g/mol. The molecule has 1 saturated carbocycles. The van der Waals surface area contributed by atoms with E-state index in [2.05, 4.69) is 47.4 Å². The van der Waals surface area contributed by atoms with Crippen LogP contribution in [0.15, 0.2) is 30.3 Å². The topological polar surface area (TPSA) is 12.0 Å². The molecule has 3 rings (SSSR count). The summed E-state index contributed by atoms with van der Waals surface area (Å²) in [5.41, 5.74) is 1.54. The number of nitrogens with one attached hydrogen (secondary N) is 1. The van der Waals surface area contributed by atoms with E-state index in [1.54, 1.807) is 5.56 Å². The fourth-order valence-electron chi connectivity index (χ4n) is 3.17. The first-order chi connectivity index (χ1) is 8.38. The van der Waals surface area contributed by atoms with Crippen LogP contribution < -0.4 is 5.32 Å². The molecule has 92 valence electrons. The van der Waals surface area contributed by atoms with E-state index < -0.39 is 0 Å². The molecule has 1 N–H and O–H groups in total. The average molecular weight is 247 g/mol. The molecule has 1 saturated heterocycles. The highest BCUT2D eigenvalue weighted by Gasteiger charge is 2.36. The number of hydrogen-bond acceptors (Lipinski definition) is 2. The van der Waals surface area contributed by atoms with E-state index in [9.17, 15) is 0 Å². The van der Waals surface area contributed by atoms with Crippen LogP contribution >= 0.6 is 11.8 Å². The van der Waals surface area contributed by atoms with Gasteiger partial charge in [-0.3, -0.25) is 0 Å². The van der Waals surface area contributed by atoms with Gasteiger partial charge in [0.25, 0.3) is 0 Å². The van der Waals surface area contributed by atoms with Crippen molar-refractivity contribution in [3.63, 3.8) is 0 Å². The second kappa shape index (κ2) is 5.03. The van der Waals surface area contributed by atoms with Crippen LogP contribution in [-0.2, 0) is 0 Å². The molecule has 1 aliphatic heterocycles. The standard InChI is InChI=1S/C15H21NS/c1-2-5-13(6-3-1)14-7-9-15(10-8-14)16-11-4-12-17-15/h1-3,5-6,14,16H,4,7-12H2. The van der Waals surface area contributed by atoms with Crippen molar-refractivity contribution in [2.24, 2.45) is 0 Å². The van der Waals surface area contributed by atoms with E-state index in [0.29, 0.717) is 4.87 Å². The van der Waals surface area contributed by atoms with Crippen LogP contribution in [0, 0.1) is 0 Å². The molecule has 2 heteroatoms. The lowest BCUT2D eigenvalue weighted by molar-refractivity contribution is 0.306. The maximum Gasteiger partial charge on any atom is 0.0645 e.